The van der Waals surface area contributed by atoms with Crippen molar-refractivity contribution >= 4 is 0 Å². The van der Waals surface area contributed by atoms with Crippen LogP contribution in [-0.4, -0.2) is 67.5 Å². The summed E-state index contributed by atoms with van der Waals surface area (Å²) < 4.78 is 0. The molecule has 0 amide bonds. The van der Waals surface area contributed by atoms with Gasteiger partial charge in [-0.05, 0) is 12.3 Å². The van der Waals surface area contributed by atoms with Crippen LogP contribution in [0.1, 0.15) is 6.42 Å². The Morgan fingerprint density at radius 2 is 1.75 bits per heavy atom. The summed E-state index contributed by atoms with van der Waals surface area (Å²) in [5.41, 5.74) is 0. The van der Waals surface area contributed by atoms with Crippen LogP contribution < -0.4 is 0 Å². The third kappa shape index (κ3) is 2.45. The lowest BCUT2D eigenvalue weighted by atomic mass is 9.81. The molecule has 1 fully saturated rings. The molecule has 0 saturated heterocycles. The molecule has 1 saturated carbocycles. The highest BCUT2D eigenvalue weighted by Gasteiger charge is 2.56. The van der Waals surface area contributed by atoms with Gasteiger partial charge in [0.2, 0.25) is 6.04 Å². The maximum absolute atomic E-state index is 11.1. The summed E-state index contributed by atoms with van der Waals surface area (Å²) in [6, 6.07) is -1.01. The predicted molar refractivity (Wildman–Crippen MR) is 66.1 cm³/mol. The molecular formula is C12H19NO7. The van der Waals surface area contributed by atoms with E-state index >= 15 is 0 Å². The van der Waals surface area contributed by atoms with E-state index in [-0.39, 0.29) is 11.8 Å². The second-order valence-corrected chi connectivity index (χ2v) is 5.52. The number of rotatable bonds is 6. The Hall–Kier alpha value is -1.06. The molecule has 0 heterocycles. The van der Waals surface area contributed by atoms with Gasteiger partial charge in [-0.2, -0.15) is 0 Å². The SMILES string of the molecule is O=[N+]([O-])[C@@H]1[C@@H]([C@@H](O)[C@@H](O)[C@H](O)[C@@H](O)CO)[C@H]2C=C[C@@H]1C2. The topological polar surface area (TPSA) is 144 Å². The molecule has 5 N–H and O–H groups in total. The number of aliphatic hydroxyl groups is 5. The molecule has 0 aromatic rings. The van der Waals surface area contributed by atoms with Gasteiger partial charge in [-0.3, -0.25) is 10.1 Å². The summed E-state index contributed by atoms with van der Waals surface area (Å²) in [7, 11) is 0. The fourth-order valence-corrected chi connectivity index (χ4v) is 3.35. The number of nitro groups is 1. The summed E-state index contributed by atoms with van der Waals surface area (Å²) in [6.07, 6.45) is -2.60. The van der Waals surface area contributed by atoms with Gasteiger partial charge >= 0.3 is 0 Å². The Morgan fingerprint density at radius 1 is 1.15 bits per heavy atom. The van der Waals surface area contributed by atoms with Crippen molar-refractivity contribution in [3.63, 3.8) is 0 Å². The van der Waals surface area contributed by atoms with E-state index < -0.39 is 47.9 Å². The molecule has 0 aromatic carbocycles. The average molecular weight is 289 g/mol. The van der Waals surface area contributed by atoms with E-state index in [1.807, 2.05) is 0 Å². The molecule has 0 aliphatic heterocycles. The monoisotopic (exact) mass is 289 g/mol. The Kier molecular flexibility index (Phi) is 4.40. The lowest BCUT2D eigenvalue weighted by Crippen LogP contribution is -2.52. The van der Waals surface area contributed by atoms with Gasteiger partial charge in [0.1, 0.15) is 18.3 Å². The van der Waals surface area contributed by atoms with Crippen molar-refractivity contribution in [1.82, 2.24) is 0 Å². The van der Waals surface area contributed by atoms with Crippen LogP contribution in [0.4, 0.5) is 0 Å². The highest BCUT2D eigenvalue weighted by atomic mass is 16.6. The van der Waals surface area contributed by atoms with Crippen LogP contribution >= 0.6 is 0 Å². The zero-order valence-corrected chi connectivity index (χ0v) is 10.7. The Morgan fingerprint density at radius 3 is 2.30 bits per heavy atom. The van der Waals surface area contributed by atoms with Crippen molar-refractivity contribution in [3.8, 4) is 0 Å². The van der Waals surface area contributed by atoms with Gasteiger partial charge in [-0.25, -0.2) is 0 Å². The molecule has 8 heteroatoms. The highest BCUT2D eigenvalue weighted by Crippen LogP contribution is 2.47. The first kappa shape index (κ1) is 15.3. The van der Waals surface area contributed by atoms with Gasteiger partial charge in [0.05, 0.1) is 18.6 Å². The van der Waals surface area contributed by atoms with Crippen LogP contribution in [0, 0.1) is 27.9 Å². The van der Waals surface area contributed by atoms with Crippen molar-refractivity contribution < 1.29 is 30.5 Å². The zero-order valence-electron chi connectivity index (χ0n) is 10.7. The number of allylic oxidation sites excluding steroid dienone is 1. The molecular weight excluding hydrogens is 270 g/mol. The van der Waals surface area contributed by atoms with Gasteiger partial charge in [0.15, 0.2) is 0 Å². The molecule has 8 atom stereocenters. The Balaban J connectivity index is 2.13. The Labute approximate surface area is 115 Å². The predicted octanol–water partition coefficient (Wildman–Crippen LogP) is -2.11. The maximum atomic E-state index is 11.1. The molecule has 0 spiro atoms. The quantitative estimate of drug-likeness (QED) is 0.214. The van der Waals surface area contributed by atoms with Crippen LogP contribution in [0.5, 0.6) is 0 Å². The molecule has 8 nitrogen and oxygen atoms in total. The number of hydrogen-bond acceptors (Lipinski definition) is 7. The lowest BCUT2D eigenvalue weighted by molar-refractivity contribution is -0.538. The highest BCUT2D eigenvalue weighted by molar-refractivity contribution is 5.16. The minimum atomic E-state index is -1.76. The van der Waals surface area contributed by atoms with Crippen LogP contribution in [0.25, 0.3) is 0 Å². The van der Waals surface area contributed by atoms with Gasteiger partial charge in [0.25, 0.3) is 0 Å². The number of hydrogen-bond donors (Lipinski definition) is 5. The summed E-state index contributed by atoms with van der Waals surface area (Å²) in [4.78, 5) is 10.6. The molecule has 20 heavy (non-hydrogen) atoms. The van der Waals surface area contributed by atoms with Gasteiger partial charge < -0.3 is 25.5 Å². The minimum Gasteiger partial charge on any atom is -0.394 e. The fraction of sp³-hybridized carbons (Fsp3) is 0.833. The average Bonchev–Trinajstić information content (AvgIpc) is 3.04. The van der Waals surface area contributed by atoms with E-state index in [0.29, 0.717) is 6.42 Å². The Bertz CT molecular complexity index is 401. The van der Waals surface area contributed by atoms with Gasteiger partial charge in [0, 0.05) is 10.8 Å². The van der Waals surface area contributed by atoms with Crippen LogP contribution in [-0.2, 0) is 0 Å². The van der Waals surface area contributed by atoms with E-state index in [0.717, 1.165) is 0 Å². The van der Waals surface area contributed by atoms with Crippen molar-refractivity contribution in [3.05, 3.63) is 22.3 Å². The molecule has 2 aliphatic carbocycles. The third-order valence-corrected chi connectivity index (χ3v) is 4.40. The van der Waals surface area contributed by atoms with Crippen molar-refractivity contribution in [2.75, 3.05) is 6.61 Å². The second kappa shape index (κ2) is 5.74. The zero-order chi connectivity index (χ0) is 15.0. The van der Waals surface area contributed by atoms with E-state index in [9.17, 15) is 30.5 Å². The molecule has 2 rings (SSSR count). The van der Waals surface area contributed by atoms with Gasteiger partial charge in [-0.1, -0.05) is 12.2 Å². The molecule has 2 aliphatic rings. The smallest absolute Gasteiger partial charge is 0.225 e. The minimum absolute atomic E-state index is 0.224. The van der Waals surface area contributed by atoms with Crippen molar-refractivity contribution in [1.29, 1.82) is 0 Å². The molecule has 0 aromatic heterocycles. The van der Waals surface area contributed by atoms with Crippen molar-refractivity contribution in [2.24, 2.45) is 17.8 Å². The largest absolute Gasteiger partial charge is 0.394 e. The summed E-state index contributed by atoms with van der Waals surface area (Å²) >= 11 is 0. The normalized spacial score (nSPS) is 37.6. The van der Waals surface area contributed by atoms with E-state index in [4.69, 9.17) is 5.11 Å². The first-order chi connectivity index (χ1) is 9.38. The molecule has 2 bridgehead atoms. The first-order valence-corrected chi connectivity index (χ1v) is 6.53. The first-order valence-electron chi connectivity index (χ1n) is 6.53. The van der Waals surface area contributed by atoms with Crippen molar-refractivity contribution in [2.45, 2.75) is 36.9 Å². The number of nitrogens with zero attached hydrogens (tertiary/aromatic N) is 1. The summed E-state index contributed by atoms with van der Waals surface area (Å²) in [6.45, 7) is -0.778. The maximum Gasteiger partial charge on any atom is 0.225 e. The van der Waals surface area contributed by atoms with Crippen LogP contribution in [0.3, 0.4) is 0 Å². The molecule has 114 valence electrons. The number of fused-ring (bicyclic) bond motifs is 2. The second-order valence-electron chi connectivity index (χ2n) is 5.52. The summed E-state index contributed by atoms with van der Waals surface area (Å²) in [5.74, 6) is -1.31. The van der Waals surface area contributed by atoms with Gasteiger partial charge in [-0.15, -0.1) is 0 Å². The van der Waals surface area contributed by atoms with Crippen LogP contribution in [0.15, 0.2) is 12.2 Å². The summed E-state index contributed by atoms with van der Waals surface area (Å²) in [5, 5.41) is 58.7. The standard InChI is InChI=1S/C12H19NO7/c14-4-7(15)10(16)12(18)11(17)8-5-1-2-6(3-5)9(8)13(19)20/h1-2,5-12,14-18H,3-4H2/t5-,6+,7-,8-,9-,10+,11+,12-/m0/s1. The third-order valence-electron chi connectivity index (χ3n) is 4.40. The molecule has 0 radical (unpaired) electrons. The van der Waals surface area contributed by atoms with E-state index in [1.54, 1.807) is 12.2 Å². The fourth-order valence-electron chi connectivity index (χ4n) is 3.35. The number of aliphatic hydroxyl groups excluding tert-OH is 5. The lowest BCUT2D eigenvalue weighted by Gasteiger charge is -2.32. The van der Waals surface area contributed by atoms with Crippen LogP contribution in [0.2, 0.25) is 0 Å². The molecule has 0 unspecified atom stereocenters. The van der Waals surface area contributed by atoms with E-state index in [2.05, 4.69) is 0 Å². The van der Waals surface area contributed by atoms with E-state index in [1.165, 1.54) is 0 Å².